The van der Waals surface area contributed by atoms with Crippen LogP contribution in [-0.2, 0) is 17.8 Å². The van der Waals surface area contributed by atoms with Gasteiger partial charge in [-0.3, -0.25) is 0 Å². The van der Waals surface area contributed by atoms with Gasteiger partial charge in [0.2, 0.25) is 5.95 Å². The number of aliphatic hydroxyl groups excluding tert-OH is 1. The lowest BCUT2D eigenvalue weighted by atomic mass is 10.0. The van der Waals surface area contributed by atoms with Crippen molar-refractivity contribution < 1.29 is 9.84 Å². The zero-order chi connectivity index (χ0) is 22.9. The predicted octanol–water partition coefficient (Wildman–Crippen LogP) is 4.22. The van der Waals surface area contributed by atoms with Gasteiger partial charge in [-0.15, -0.1) is 0 Å². The van der Waals surface area contributed by atoms with Gasteiger partial charge in [-0.05, 0) is 41.5 Å². The summed E-state index contributed by atoms with van der Waals surface area (Å²) < 4.78 is 7.64. The van der Waals surface area contributed by atoms with Crippen LogP contribution in [0, 0.1) is 0 Å². The minimum atomic E-state index is -0.523. The van der Waals surface area contributed by atoms with E-state index in [0.717, 1.165) is 35.2 Å². The van der Waals surface area contributed by atoms with E-state index in [-0.39, 0.29) is 12.0 Å². The summed E-state index contributed by atoms with van der Waals surface area (Å²) in [6.45, 7) is 0.938. The van der Waals surface area contributed by atoms with Crippen molar-refractivity contribution in [3.8, 4) is 0 Å². The van der Waals surface area contributed by atoms with Crippen molar-refractivity contribution in [2.45, 2.75) is 43.9 Å². The molecule has 0 unspecified atom stereocenters. The van der Waals surface area contributed by atoms with Crippen molar-refractivity contribution in [2.24, 2.45) is 0 Å². The van der Waals surface area contributed by atoms with Crippen LogP contribution in [0.4, 0.5) is 5.95 Å². The van der Waals surface area contributed by atoms with Crippen LogP contribution in [-0.4, -0.2) is 37.4 Å². The monoisotopic (exact) mass is 453 g/mol. The average Bonchev–Trinajstić information content (AvgIpc) is 3.58. The number of aromatic nitrogens is 4. The third-order valence-corrected chi connectivity index (χ3v) is 6.87. The van der Waals surface area contributed by atoms with Crippen LogP contribution >= 0.6 is 0 Å². The highest BCUT2D eigenvalue weighted by Gasteiger charge is 2.29. The fraction of sp³-hybridized carbons (Fsp3) is 0.296. The summed E-state index contributed by atoms with van der Waals surface area (Å²) >= 11 is 0. The number of hydrogen-bond donors (Lipinski definition) is 2. The number of nitrogens with zero attached hydrogens (tertiary/aromatic N) is 4. The molecule has 0 saturated carbocycles. The molecule has 7 heteroatoms. The van der Waals surface area contributed by atoms with Crippen LogP contribution < -0.4 is 5.32 Å². The summed E-state index contributed by atoms with van der Waals surface area (Å²) in [6.07, 6.45) is 7.71. The summed E-state index contributed by atoms with van der Waals surface area (Å²) in [4.78, 5) is 9.00. The molecule has 4 aromatic rings. The SMILES string of the molecule is O[C@@H]1C[C@H](c2cnn3c(N[C@H]4CCc5ccccc54)ncnc23)C=C1COCc1ccccc1. The Morgan fingerprint density at radius 1 is 1.00 bits per heavy atom. The Bertz CT molecular complexity index is 1330. The van der Waals surface area contributed by atoms with Crippen LogP contribution in [0.25, 0.3) is 5.65 Å². The Balaban J connectivity index is 1.19. The summed E-state index contributed by atoms with van der Waals surface area (Å²) in [6, 6.07) is 18.8. The molecule has 34 heavy (non-hydrogen) atoms. The summed E-state index contributed by atoms with van der Waals surface area (Å²) in [5, 5.41) is 18.8. The average molecular weight is 454 g/mol. The number of anilines is 1. The molecule has 2 N–H and O–H groups in total. The molecule has 0 saturated heterocycles. The van der Waals surface area contributed by atoms with Gasteiger partial charge in [0.15, 0.2) is 5.65 Å². The predicted molar refractivity (Wildman–Crippen MR) is 129 cm³/mol. The number of rotatable bonds is 7. The molecule has 2 aromatic heterocycles. The van der Waals surface area contributed by atoms with E-state index in [0.29, 0.717) is 25.6 Å². The van der Waals surface area contributed by atoms with Crippen LogP contribution in [0.1, 0.15) is 47.1 Å². The number of hydrogen-bond acceptors (Lipinski definition) is 6. The molecule has 3 atom stereocenters. The highest BCUT2D eigenvalue weighted by Crippen LogP contribution is 2.36. The van der Waals surface area contributed by atoms with E-state index >= 15 is 0 Å². The maximum absolute atomic E-state index is 10.6. The maximum atomic E-state index is 10.6. The third-order valence-electron chi connectivity index (χ3n) is 6.87. The number of benzene rings is 2. The molecule has 0 amide bonds. The second-order valence-corrected chi connectivity index (χ2v) is 9.04. The van der Waals surface area contributed by atoms with Crippen LogP contribution in [0.2, 0.25) is 0 Å². The third kappa shape index (κ3) is 3.97. The largest absolute Gasteiger partial charge is 0.389 e. The van der Waals surface area contributed by atoms with E-state index in [1.165, 1.54) is 11.1 Å². The minimum Gasteiger partial charge on any atom is -0.389 e. The number of fused-ring (bicyclic) bond motifs is 2. The van der Waals surface area contributed by atoms with Crippen LogP contribution in [0.15, 0.2) is 78.8 Å². The maximum Gasteiger partial charge on any atom is 0.227 e. The second-order valence-electron chi connectivity index (χ2n) is 9.04. The van der Waals surface area contributed by atoms with Gasteiger partial charge in [0.1, 0.15) is 6.33 Å². The second kappa shape index (κ2) is 9.00. The number of aliphatic hydroxyl groups is 1. The van der Waals surface area contributed by atoms with Gasteiger partial charge in [0.25, 0.3) is 0 Å². The van der Waals surface area contributed by atoms with E-state index in [9.17, 15) is 5.11 Å². The van der Waals surface area contributed by atoms with Crippen molar-refractivity contribution in [1.82, 2.24) is 19.6 Å². The first-order valence-corrected chi connectivity index (χ1v) is 11.8. The van der Waals surface area contributed by atoms with Gasteiger partial charge in [-0.2, -0.15) is 9.61 Å². The molecule has 172 valence electrons. The first-order chi connectivity index (χ1) is 16.8. The molecule has 0 fully saturated rings. The van der Waals surface area contributed by atoms with Gasteiger partial charge >= 0.3 is 0 Å². The van der Waals surface area contributed by atoms with Crippen LogP contribution in [0.5, 0.6) is 0 Å². The quantitative estimate of drug-likeness (QED) is 0.408. The van der Waals surface area contributed by atoms with Gasteiger partial charge in [-0.1, -0.05) is 60.7 Å². The van der Waals surface area contributed by atoms with Crippen molar-refractivity contribution in [3.63, 3.8) is 0 Å². The van der Waals surface area contributed by atoms with Crippen molar-refractivity contribution in [3.05, 3.63) is 101 Å². The van der Waals surface area contributed by atoms with Gasteiger partial charge in [-0.25, -0.2) is 9.97 Å². The van der Waals surface area contributed by atoms with Crippen molar-refractivity contribution in [2.75, 3.05) is 11.9 Å². The van der Waals surface area contributed by atoms with E-state index in [1.807, 2.05) is 36.5 Å². The van der Waals surface area contributed by atoms with E-state index < -0.39 is 6.10 Å². The normalized spacial score (nSPS) is 21.6. The fourth-order valence-corrected chi connectivity index (χ4v) is 5.11. The molecule has 2 heterocycles. The van der Waals surface area contributed by atoms with Crippen LogP contribution in [0.3, 0.4) is 0 Å². The number of nitrogens with one attached hydrogen (secondary N) is 1. The summed E-state index contributed by atoms with van der Waals surface area (Å²) in [7, 11) is 0. The smallest absolute Gasteiger partial charge is 0.227 e. The molecular weight excluding hydrogens is 426 g/mol. The standard InChI is InChI=1S/C27H27N5O2/c33-25-13-20(12-21(25)16-34-15-18-6-2-1-3-7-18)23-14-30-32-26(23)28-17-29-27(32)31-24-11-10-19-8-4-5-9-22(19)24/h1-9,12,14,17,20,24-25,33H,10-11,13,15-16H2,(H,28,29,31)/t20-,24+,25-/m1/s1. The molecule has 2 aliphatic carbocycles. The van der Waals surface area contributed by atoms with Gasteiger partial charge < -0.3 is 15.2 Å². The summed E-state index contributed by atoms with van der Waals surface area (Å²) in [5.74, 6) is 0.727. The molecular formula is C27H27N5O2. The lowest BCUT2D eigenvalue weighted by molar-refractivity contribution is 0.118. The number of ether oxygens (including phenoxy) is 1. The van der Waals surface area contributed by atoms with Crippen molar-refractivity contribution >= 4 is 11.6 Å². The zero-order valence-corrected chi connectivity index (χ0v) is 18.8. The van der Waals surface area contributed by atoms with Gasteiger partial charge in [0, 0.05) is 11.5 Å². The highest BCUT2D eigenvalue weighted by molar-refractivity contribution is 5.54. The minimum absolute atomic E-state index is 0.0396. The molecule has 0 aliphatic heterocycles. The topological polar surface area (TPSA) is 84.6 Å². The Kier molecular flexibility index (Phi) is 5.57. The Hall–Kier alpha value is -3.55. The Labute approximate surface area is 198 Å². The van der Waals surface area contributed by atoms with Gasteiger partial charge in [0.05, 0.1) is 31.6 Å². The first-order valence-electron chi connectivity index (χ1n) is 11.8. The van der Waals surface area contributed by atoms with Crippen molar-refractivity contribution in [1.29, 1.82) is 0 Å². The fourth-order valence-electron chi connectivity index (χ4n) is 5.11. The first kappa shape index (κ1) is 21.0. The van der Waals surface area contributed by atoms with E-state index in [1.54, 1.807) is 10.8 Å². The number of aryl methyl sites for hydroxylation is 1. The molecule has 6 rings (SSSR count). The van der Waals surface area contributed by atoms with E-state index in [4.69, 9.17) is 4.74 Å². The Morgan fingerprint density at radius 3 is 2.76 bits per heavy atom. The lowest BCUT2D eigenvalue weighted by Gasteiger charge is -2.15. The zero-order valence-electron chi connectivity index (χ0n) is 18.8. The highest BCUT2D eigenvalue weighted by atomic mass is 16.5. The summed E-state index contributed by atoms with van der Waals surface area (Å²) in [5.41, 5.74) is 6.51. The molecule has 7 nitrogen and oxygen atoms in total. The lowest BCUT2D eigenvalue weighted by Crippen LogP contribution is -2.13. The molecule has 0 spiro atoms. The molecule has 2 aromatic carbocycles. The number of allylic oxidation sites excluding steroid dienone is 1. The van der Waals surface area contributed by atoms with E-state index in [2.05, 4.69) is 50.7 Å². The molecule has 2 aliphatic rings. The molecule has 0 bridgehead atoms. The molecule has 0 radical (unpaired) electrons. The Morgan fingerprint density at radius 2 is 1.85 bits per heavy atom.